The zero-order valence-corrected chi connectivity index (χ0v) is 7.44. The molecule has 0 fully saturated rings. The van der Waals surface area contributed by atoms with Crippen molar-refractivity contribution in [2.45, 2.75) is 6.92 Å². The number of rotatable bonds is 0. The summed E-state index contributed by atoms with van der Waals surface area (Å²) in [5, 5.41) is 18.9. The predicted molar refractivity (Wildman–Crippen MR) is 50.6 cm³/mol. The van der Waals surface area contributed by atoms with Crippen LogP contribution < -0.4 is 5.43 Å². The van der Waals surface area contributed by atoms with Gasteiger partial charge in [0.2, 0.25) is 5.75 Å². The number of aromatic hydroxyl groups is 2. The summed E-state index contributed by atoms with van der Waals surface area (Å²) in [7, 11) is 0. The number of fused-ring (bicyclic) bond motifs is 1. The second-order valence-electron chi connectivity index (χ2n) is 3.03. The second-order valence-corrected chi connectivity index (χ2v) is 3.03. The van der Waals surface area contributed by atoms with Crippen LogP contribution in [0.5, 0.6) is 11.5 Å². The van der Waals surface area contributed by atoms with Crippen LogP contribution in [0.1, 0.15) is 5.76 Å². The average Bonchev–Trinajstić information content (AvgIpc) is 2.12. The molecule has 1 aromatic heterocycles. The molecule has 0 saturated carbocycles. The van der Waals surface area contributed by atoms with Gasteiger partial charge in [0.15, 0.2) is 16.8 Å². The van der Waals surface area contributed by atoms with Gasteiger partial charge in [-0.2, -0.15) is 0 Å². The van der Waals surface area contributed by atoms with Crippen LogP contribution in [0.15, 0.2) is 27.4 Å². The molecule has 4 heteroatoms. The lowest BCUT2D eigenvalue weighted by atomic mass is 10.2. The van der Waals surface area contributed by atoms with Crippen LogP contribution in [0.3, 0.4) is 0 Å². The van der Waals surface area contributed by atoms with Crippen molar-refractivity contribution >= 4 is 11.0 Å². The second kappa shape index (κ2) is 2.77. The predicted octanol–water partition coefficient (Wildman–Crippen LogP) is 1.51. The van der Waals surface area contributed by atoms with Crippen LogP contribution in [0.2, 0.25) is 0 Å². The number of hydrogen-bond acceptors (Lipinski definition) is 4. The van der Waals surface area contributed by atoms with Crippen LogP contribution in [-0.4, -0.2) is 10.2 Å². The van der Waals surface area contributed by atoms with Gasteiger partial charge in [0.05, 0.1) is 5.39 Å². The highest BCUT2D eigenvalue weighted by molar-refractivity contribution is 5.84. The third kappa shape index (κ3) is 1.12. The lowest BCUT2D eigenvalue weighted by Gasteiger charge is -2.02. The molecule has 2 aromatic rings. The van der Waals surface area contributed by atoms with Crippen LogP contribution in [0, 0.1) is 6.92 Å². The first-order chi connectivity index (χ1) is 6.59. The molecule has 0 atom stereocenters. The molecule has 2 N–H and O–H groups in total. The lowest BCUT2D eigenvalue weighted by molar-refractivity contribution is 0.398. The monoisotopic (exact) mass is 192 g/mol. The van der Waals surface area contributed by atoms with Gasteiger partial charge in [0.1, 0.15) is 5.76 Å². The molecule has 14 heavy (non-hydrogen) atoms. The van der Waals surface area contributed by atoms with E-state index in [2.05, 4.69) is 0 Å². The molecular weight excluding hydrogens is 184 g/mol. The average molecular weight is 192 g/mol. The minimum Gasteiger partial charge on any atom is -0.504 e. The maximum Gasteiger partial charge on any atom is 0.201 e. The molecule has 72 valence electrons. The van der Waals surface area contributed by atoms with E-state index < -0.39 is 5.75 Å². The Balaban J connectivity index is 3.03. The zero-order chi connectivity index (χ0) is 10.3. The van der Waals surface area contributed by atoms with Gasteiger partial charge < -0.3 is 14.6 Å². The molecule has 0 unspecified atom stereocenters. The van der Waals surface area contributed by atoms with Crippen LogP contribution in [-0.2, 0) is 0 Å². The summed E-state index contributed by atoms with van der Waals surface area (Å²) in [6.07, 6.45) is 0. The Hall–Kier alpha value is -1.97. The Morgan fingerprint density at radius 2 is 2.00 bits per heavy atom. The van der Waals surface area contributed by atoms with E-state index in [0.717, 1.165) is 0 Å². The van der Waals surface area contributed by atoms with Crippen LogP contribution in [0.4, 0.5) is 0 Å². The Morgan fingerprint density at radius 3 is 2.71 bits per heavy atom. The fourth-order valence-corrected chi connectivity index (χ4v) is 1.31. The smallest absolute Gasteiger partial charge is 0.201 e. The van der Waals surface area contributed by atoms with Crippen molar-refractivity contribution in [3.63, 3.8) is 0 Å². The highest BCUT2D eigenvalue weighted by Gasteiger charge is 2.10. The van der Waals surface area contributed by atoms with Crippen molar-refractivity contribution < 1.29 is 14.6 Å². The molecule has 0 amide bonds. The molecule has 0 spiro atoms. The number of phenols is 2. The summed E-state index contributed by atoms with van der Waals surface area (Å²) in [5.74, 6) is -0.307. The van der Waals surface area contributed by atoms with Crippen LogP contribution in [0.25, 0.3) is 11.0 Å². The summed E-state index contributed by atoms with van der Waals surface area (Å²) >= 11 is 0. The quantitative estimate of drug-likeness (QED) is 0.620. The first-order valence-corrected chi connectivity index (χ1v) is 4.05. The summed E-state index contributed by atoms with van der Waals surface area (Å²) in [5.41, 5.74) is -0.214. The van der Waals surface area contributed by atoms with E-state index in [1.54, 1.807) is 6.92 Å². The van der Waals surface area contributed by atoms with Crippen molar-refractivity contribution in [1.82, 2.24) is 0 Å². The van der Waals surface area contributed by atoms with E-state index in [0.29, 0.717) is 5.76 Å². The molecule has 0 aliphatic carbocycles. The molecule has 0 aliphatic heterocycles. The number of benzene rings is 1. The lowest BCUT2D eigenvalue weighted by Crippen LogP contribution is -1.99. The van der Waals surface area contributed by atoms with Crippen molar-refractivity contribution in [3.05, 3.63) is 34.2 Å². The van der Waals surface area contributed by atoms with Gasteiger partial charge in [-0.3, -0.25) is 4.79 Å². The summed E-state index contributed by atoms with van der Waals surface area (Å²) in [6, 6.07) is 4.00. The number of phenolic OH excluding ortho intramolecular Hbond substituents is 2. The molecular formula is C10H8O4. The molecule has 1 heterocycles. The van der Waals surface area contributed by atoms with Crippen molar-refractivity contribution in [1.29, 1.82) is 0 Å². The molecule has 2 rings (SSSR count). The largest absolute Gasteiger partial charge is 0.504 e. The standard InChI is InChI=1S/C10H8O4/c1-5-4-8(12)6-2-3-7(11)9(13)10(6)14-5/h2-4,11,13H,1H3. The Kier molecular flexibility index (Phi) is 1.70. The SMILES string of the molecule is Cc1cc(=O)c2ccc(O)c(O)c2o1. The topological polar surface area (TPSA) is 70.7 Å². The van der Waals surface area contributed by atoms with Gasteiger partial charge in [0.25, 0.3) is 0 Å². The number of aryl methyl sites for hydroxylation is 1. The van der Waals surface area contributed by atoms with Gasteiger partial charge in [-0.1, -0.05) is 0 Å². The minimum absolute atomic E-state index is 0.0231. The molecule has 0 radical (unpaired) electrons. The van der Waals surface area contributed by atoms with E-state index in [4.69, 9.17) is 4.42 Å². The maximum atomic E-state index is 11.4. The van der Waals surface area contributed by atoms with E-state index in [-0.39, 0.29) is 22.1 Å². The molecule has 0 aliphatic rings. The Morgan fingerprint density at radius 1 is 1.29 bits per heavy atom. The zero-order valence-electron chi connectivity index (χ0n) is 7.44. The summed E-state index contributed by atoms with van der Waals surface area (Å²) < 4.78 is 5.14. The first kappa shape index (κ1) is 8.62. The van der Waals surface area contributed by atoms with E-state index in [1.165, 1.54) is 18.2 Å². The van der Waals surface area contributed by atoms with Crippen LogP contribution >= 0.6 is 0 Å². The van der Waals surface area contributed by atoms with E-state index in [9.17, 15) is 15.0 Å². The summed E-state index contributed by atoms with van der Waals surface area (Å²) in [6.45, 7) is 1.60. The minimum atomic E-state index is -0.400. The fourth-order valence-electron chi connectivity index (χ4n) is 1.31. The van der Waals surface area contributed by atoms with Crippen molar-refractivity contribution in [3.8, 4) is 11.5 Å². The highest BCUT2D eigenvalue weighted by Crippen LogP contribution is 2.32. The Labute approximate surface area is 79.0 Å². The maximum absolute atomic E-state index is 11.4. The third-order valence-electron chi connectivity index (χ3n) is 1.97. The van der Waals surface area contributed by atoms with E-state index in [1.807, 2.05) is 0 Å². The summed E-state index contributed by atoms with van der Waals surface area (Å²) in [4.78, 5) is 11.4. The van der Waals surface area contributed by atoms with Gasteiger partial charge in [-0.25, -0.2) is 0 Å². The fraction of sp³-hybridized carbons (Fsp3) is 0.100. The molecule has 0 saturated heterocycles. The highest BCUT2D eigenvalue weighted by atomic mass is 16.4. The van der Waals surface area contributed by atoms with Gasteiger partial charge >= 0.3 is 0 Å². The first-order valence-electron chi connectivity index (χ1n) is 4.05. The van der Waals surface area contributed by atoms with Gasteiger partial charge in [0, 0.05) is 6.07 Å². The van der Waals surface area contributed by atoms with Gasteiger partial charge in [-0.15, -0.1) is 0 Å². The molecule has 1 aromatic carbocycles. The molecule has 4 nitrogen and oxygen atoms in total. The van der Waals surface area contributed by atoms with Crippen molar-refractivity contribution in [2.75, 3.05) is 0 Å². The molecule has 0 bridgehead atoms. The van der Waals surface area contributed by atoms with E-state index >= 15 is 0 Å². The third-order valence-corrected chi connectivity index (χ3v) is 1.97. The Bertz CT molecular complexity index is 554. The normalized spacial score (nSPS) is 10.6. The van der Waals surface area contributed by atoms with Crippen molar-refractivity contribution in [2.24, 2.45) is 0 Å². The number of hydrogen-bond donors (Lipinski definition) is 2. The van der Waals surface area contributed by atoms with Gasteiger partial charge in [-0.05, 0) is 19.1 Å².